The van der Waals surface area contributed by atoms with E-state index in [4.69, 9.17) is 23.2 Å². The van der Waals surface area contributed by atoms with Crippen LogP contribution in [0, 0.1) is 0 Å². The second-order valence-corrected chi connectivity index (χ2v) is 6.72. The lowest BCUT2D eigenvalue weighted by atomic mass is 9.83. The maximum absolute atomic E-state index is 6.05. The molecule has 0 unspecified atom stereocenters. The molecular formula is C17H16Cl2N4. The molecule has 1 aromatic carbocycles. The van der Waals surface area contributed by atoms with Crippen molar-refractivity contribution in [3.63, 3.8) is 0 Å². The highest BCUT2D eigenvalue weighted by Gasteiger charge is 2.23. The van der Waals surface area contributed by atoms with E-state index in [1.165, 1.54) is 25.0 Å². The largest absolute Gasteiger partial charge is 0.365 e. The Balaban J connectivity index is 1.55. The van der Waals surface area contributed by atoms with E-state index in [2.05, 4.69) is 15.4 Å². The van der Waals surface area contributed by atoms with Crippen LogP contribution in [0.2, 0.25) is 10.0 Å². The fourth-order valence-electron chi connectivity index (χ4n) is 2.81. The van der Waals surface area contributed by atoms with Crippen molar-refractivity contribution >= 4 is 34.7 Å². The number of nitrogens with zero attached hydrogens (tertiary/aromatic N) is 3. The van der Waals surface area contributed by atoms with Gasteiger partial charge in [0.15, 0.2) is 5.65 Å². The highest BCUT2D eigenvalue weighted by Crippen LogP contribution is 2.36. The van der Waals surface area contributed by atoms with E-state index in [-0.39, 0.29) is 0 Å². The second-order valence-electron chi connectivity index (χ2n) is 5.90. The minimum absolute atomic E-state index is 0.566. The summed E-state index contributed by atoms with van der Waals surface area (Å²) < 4.78 is 1.96. The van der Waals surface area contributed by atoms with Gasteiger partial charge in [-0.1, -0.05) is 35.7 Å². The third-order valence-electron chi connectivity index (χ3n) is 4.37. The third-order valence-corrected chi connectivity index (χ3v) is 5.11. The molecule has 0 spiro atoms. The van der Waals surface area contributed by atoms with Gasteiger partial charge in [-0.25, -0.2) is 9.50 Å². The number of nitrogens with one attached hydrogen (secondary N) is 1. The first kappa shape index (κ1) is 14.8. The van der Waals surface area contributed by atoms with Crippen LogP contribution in [0.1, 0.15) is 36.4 Å². The lowest BCUT2D eigenvalue weighted by Gasteiger charge is -2.24. The number of rotatable bonds is 4. The molecular weight excluding hydrogens is 331 g/mol. The maximum atomic E-state index is 6.05. The van der Waals surface area contributed by atoms with Crippen molar-refractivity contribution in [3.05, 3.63) is 57.8 Å². The van der Waals surface area contributed by atoms with Gasteiger partial charge in [0.25, 0.3) is 0 Å². The number of benzene rings is 1. The van der Waals surface area contributed by atoms with Crippen molar-refractivity contribution in [2.45, 2.75) is 31.7 Å². The first-order valence-electron chi connectivity index (χ1n) is 7.73. The number of anilines is 1. The lowest BCUT2D eigenvalue weighted by Crippen LogP contribution is -2.13. The number of fused-ring (bicyclic) bond motifs is 1. The average molecular weight is 347 g/mol. The van der Waals surface area contributed by atoms with Crippen molar-refractivity contribution in [3.8, 4) is 0 Å². The van der Waals surface area contributed by atoms with Gasteiger partial charge in [0.05, 0.1) is 21.9 Å². The van der Waals surface area contributed by atoms with E-state index in [1.54, 1.807) is 0 Å². The van der Waals surface area contributed by atoms with Crippen LogP contribution in [0.25, 0.3) is 5.65 Å². The van der Waals surface area contributed by atoms with Crippen molar-refractivity contribution in [2.24, 2.45) is 0 Å². The predicted molar refractivity (Wildman–Crippen MR) is 93.4 cm³/mol. The minimum Gasteiger partial charge on any atom is -0.365 e. The Labute approximate surface area is 144 Å². The standard InChI is InChI=1S/C17H16Cl2N4/c18-13-5-4-11(8-14(13)19)9-20-16-6-7-17-21-10-15(23(17)22-16)12-2-1-3-12/h4-8,10,12H,1-3,9H2,(H,20,22). The molecule has 118 valence electrons. The summed E-state index contributed by atoms with van der Waals surface area (Å²) in [5.74, 6) is 1.42. The zero-order valence-electron chi connectivity index (χ0n) is 12.5. The summed E-state index contributed by atoms with van der Waals surface area (Å²) in [6.45, 7) is 0.642. The Morgan fingerprint density at radius 2 is 2.00 bits per heavy atom. The first-order chi connectivity index (χ1) is 11.2. The predicted octanol–water partition coefficient (Wildman–Crippen LogP) is 4.92. The molecule has 0 atom stereocenters. The van der Waals surface area contributed by atoms with Gasteiger partial charge < -0.3 is 5.32 Å². The molecule has 1 N–H and O–H groups in total. The topological polar surface area (TPSA) is 42.2 Å². The molecule has 6 heteroatoms. The summed E-state index contributed by atoms with van der Waals surface area (Å²) in [5, 5.41) is 9.14. The smallest absolute Gasteiger partial charge is 0.153 e. The molecule has 23 heavy (non-hydrogen) atoms. The zero-order valence-corrected chi connectivity index (χ0v) is 14.0. The molecule has 1 aliphatic rings. The van der Waals surface area contributed by atoms with Crippen molar-refractivity contribution < 1.29 is 0 Å². The van der Waals surface area contributed by atoms with Crippen LogP contribution in [0.3, 0.4) is 0 Å². The Kier molecular flexibility index (Phi) is 3.87. The molecule has 4 nitrogen and oxygen atoms in total. The highest BCUT2D eigenvalue weighted by atomic mass is 35.5. The summed E-state index contributed by atoms with van der Waals surface area (Å²) >= 11 is 12.0. The van der Waals surface area contributed by atoms with Gasteiger partial charge in [0.2, 0.25) is 0 Å². The monoisotopic (exact) mass is 346 g/mol. The van der Waals surface area contributed by atoms with Crippen LogP contribution in [0.5, 0.6) is 0 Å². The quantitative estimate of drug-likeness (QED) is 0.729. The molecule has 0 amide bonds. The van der Waals surface area contributed by atoms with Gasteiger partial charge in [-0.15, -0.1) is 5.10 Å². The molecule has 0 saturated heterocycles. The van der Waals surface area contributed by atoms with Crippen LogP contribution in [-0.4, -0.2) is 14.6 Å². The van der Waals surface area contributed by atoms with E-state index in [0.29, 0.717) is 22.5 Å². The lowest BCUT2D eigenvalue weighted by molar-refractivity contribution is 0.405. The number of hydrogen-bond acceptors (Lipinski definition) is 3. The molecule has 4 rings (SSSR count). The molecule has 0 bridgehead atoms. The highest BCUT2D eigenvalue weighted by molar-refractivity contribution is 6.42. The molecule has 0 radical (unpaired) electrons. The Morgan fingerprint density at radius 3 is 2.74 bits per heavy atom. The molecule has 1 saturated carbocycles. The van der Waals surface area contributed by atoms with Gasteiger partial charge >= 0.3 is 0 Å². The summed E-state index contributed by atoms with van der Waals surface area (Å²) in [7, 11) is 0. The van der Waals surface area contributed by atoms with Crippen molar-refractivity contribution in [2.75, 3.05) is 5.32 Å². The van der Waals surface area contributed by atoms with Crippen LogP contribution in [0.4, 0.5) is 5.82 Å². The normalized spacial score (nSPS) is 14.9. The van der Waals surface area contributed by atoms with Gasteiger partial charge in [0, 0.05) is 12.5 Å². The van der Waals surface area contributed by atoms with Crippen molar-refractivity contribution in [1.82, 2.24) is 14.6 Å². The zero-order chi connectivity index (χ0) is 15.8. The molecule has 2 heterocycles. The Hall–Kier alpha value is -1.78. The fourth-order valence-corrected chi connectivity index (χ4v) is 3.13. The Morgan fingerprint density at radius 1 is 1.13 bits per heavy atom. The fraction of sp³-hybridized carbons (Fsp3) is 0.294. The molecule has 0 aliphatic heterocycles. The summed E-state index contributed by atoms with van der Waals surface area (Å²) in [6, 6.07) is 9.57. The molecule has 3 aromatic rings. The van der Waals surface area contributed by atoms with Gasteiger partial charge in [0.1, 0.15) is 5.82 Å². The third kappa shape index (κ3) is 2.89. The average Bonchev–Trinajstić information content (AvgIpc) is 2.90. The molecule has 1 fully saturated rings. The van der Waals surface area contributed by atoms with Crippen LogP contribution in [-0.2, 0) is 6.54 Å². The van der Waals surface area contributed by atoms with Crippen LogP contribution >= 0.6 is 23.2 Å². The summed E-state index contributed by atoms with van der Waals surface area (Å²) in [5.41, 5.74) is 3.17. The Bertz CT molecular complexity index is 855. The summed E-state index contributed by atoms with van der Waals surface area (Å²) in [4.78, 5) is 4.44. The van der Waals surface area contributed by atoms with Gasteiger partial charge in [-0.2, -0.15) is 0 Å². The van der Waals surface area contributed by atoms with E-state index in [1.807, 2.05) is 41.0 Å². The van der Waals surface area contributed by atoms with Crippen molar-refractivity contribution in [1.29, 1.82) is 0 Å². The second kappa shape index (κ2) is 6.02. The summed E-state index contributed by atoms with van der Waals surface area (Å²) in [6.07, 6.45) is 5.72. The maximum Gasteiger partial charge on any atom is 0.153 e. The minimum atomic E-state index is 0.566. The van der Waals surface area contributed by atoms with E-state index in [0.717, 1.165) is 17.0 Å². The molecule has 1 aliphatic carbocycles. The van der Waals surface area contributed by atoms with E-state index >= 15 is 0 Å². The number of halogens is 2. The number of aromatic nitrogens is 3. The van der Waals surface area contributed by atoms with E-state index in [9.17, 15) is 0 Å². The van der Waals surface area contributed by atoms with Gasteiger partial charge in [-0.3, -0.25) is 0 Å². The number of hydrogen-bond donors (Lipinski definition) is 1. The number of imidazole rings is 1. The molecule has 2 aromatic heterocycles. The van der Waals surface area contributed by atoms with Crippen LogP contribution in [0.15, 0.2) is 36.5 Å². The van der Waals surface area contributed by atoms with E-state index < -0.39 is 0 Å². The van der Waals surface area contributed by atoms with Gasteiger partial charge in [-0.05, 0) is 42.7 Å². The SMILES string of the molecule is Clc1ccc(CNc2ccc3ncc(C4CCC4)n3n2)cc1Cl. The van der Waals surface area contributed by atoms with Crippen LogP contribution < -0.4 is 5.32 Å². The first-order valence-corrected chi connectivity index (χ1v) is 8.49.